The van der Waals surface area contributed by atoms with E-state index >= 15 is 0 Å². The molecule has 1 aromatic carbocycles. The van der Waals surface area contributed by atoms with E-state index in [2.05, 4.69) is 36.1 Å². The van der Waals surface area contributed by atoms with E-state index in [-0.39, 0.29) is 18.3 Å². The fraction of sp³-hybridized carbons (Fsp3) is 0.550. The molecule has 2 aliphatic rings. The quantitative estimate of drug-likeness (QED) is 0.668. The van der Waals surface area contributed by atoms with Crippen molar-refractivity contribution in [1.82, 2.24) is 4.90 Å². The van der Waals surface area contributed by atoms with Crippen molar-refractivity contribution in [2.45, 2.75) is 44.6 Å². The predicted octanol–water partition coefficient (Wildman–Crippen LogP) is 4.90. The van der Waals surface area contributed by atoms with Crippen LogP contribution < -0.4 is 0 Å². The van der Waals surface area contributed by atoms with Gasteiger partial charge in [0, 0.05) is 18.3 Å². The van der Waals surface area contributed by atoms with Gasteiger partial charge >= 0.3 is 0 Å². The summed E-state index contributed by atoms with van der Waals surface area (Å²) >= 11 is 1.54. The van der Waals surface area contributed by atoms with E-state index in [4.69, 9.17) is 0 Å². The number of nitrogens with zero attached hydrogens (tertiary/aromatic N) is 1. The molecule has 3 atom stereocenters. The zero-order valence-corrected chi connectivity index (χ0v) is 16.0. The Morgan fingerprint density at radius 2 is 2.08 bits per heavy atom. The van der Waals surface area contributed by atoms with Crippen LogP contribution in [-0.4, -0.2) is 34.9 Å². The fourth-order valence-electron chi connectivity index (χ4n) is 3.83. The van der Waals surface area contributed by atoms with Crippen LogP contribution in [0.3, 0.4) is 0 Å². The van der Waals surface area contributed by atoms with Crippen LogP contribution in [0.15, 0.2) is 42.5 Å². The van der Waals surface area contributed by atoms with Gasteiger partial charge < -0.3 is 0 Å². The minimum Gasteiger partial charge on any atom is -0.300 e. The lowest BCUT2D eigenvalue weighted by molar-refractivity contribution is -0.113. The maximum absolute atomic E-state index is 12.9. The number of rotatable bonds is 6. The molecule has 1 saturated heterocycles. The summed E-state index contributed by atoms with van der Waals surface area (Å²) in [5.41, 5.74) is 1.18. The van der Waals surface area contributed by atoms with Gasteiger partial charge in [0.2, 0.25) is 0 Å². The Bertz CT molecular complexity index is 548. The molecule has 0 saturated carbocycles. The standard InChI is InChI=1S/C20H27NOS.ClH/c1-16-8-7-13-21(16)14-15-23-20(22)19(18-11-5-6-12-18)17-9-3-2-4-10-17;/h2-5,9-11,16,18-19H,6-8,12-15H2,1H3;1H. The smallest absolute Gasteiger partial charge is 0.197 e. The number of likely N-dealkylation sites (tertiary alicyclic amines) is 1. The molecule has 1 aromatic rings. The highest BCUT2D eigenvalue weighted by atomic mass is 35.5. The first-order chi connectivity index (χ1) is 11.3. The number of carbonyl (C=O) groups excluding carboxylic acids is 1. The first-order valence-electron chi connectivity index (χ1n) is 8.88. The van der Waals surface area contributed by atoms with Crippen molar-refractivity contribution in [1.29, 1.82) is 0 Å². The average Bonchev–Trinajstić information content (AvgIpc) is 3.21. The van der Waals surface area contributed by atoms with Crippen LogP contribution in [0.4, 0.5) is 0 Å². The fourth-order valence-corrected chi connectivity index (χ4v) is 4.85. The lowest BCUT2D eigenvalue weighted by Crippen LogP contribution is -2.29. The lowest BCUT2D eigenvalue weighted by atomic mass is 9.86. The molecule has 1 aliphatic heterocycles. The van der Waals surface area contributed by atoms with Gasteiger partial charge in [0.25, 0.3) is 0 Å². The highest BCUT2D eigenvalue weighted by Crippen LogP contribution is 2.36. The van der Waals surface area contributed by atoms with Gasteiger partial charge in [-0.25, -0.2) is 0 Å². The Kier molecular flexibility index (Phi) is 7.86. The topological polar surface area (TPSA) is 20.3 Å². The summed E-state index contributed by atoms with van der Waals surface area (Å²) in [6, 6.07) is 11.0. The Labute approximate surface area is 156 Å². The first-order valence-corrected chi connectivity index (χ1v) is 9.86. The zero-order valence-electron chi connectivity index (χ0n) is 14.4. The van der Waals surface area contributed by atoms with Crippen LogP contribution in [-0.2, 0) is 4.79 Å². The molecule has 0 amide bonds. The third kappa shape index (κ3) is 4.87. The number of hydrogen-bond acceptors (Lipinski definition) is 3. The monoisotopic (exact) mass is 365 g/mol. The summed E-state index contributed by atoms with van der Waals surface area (Å²) in [5.74, 6) is 1.32. The lowest BCUT2D eigenvalue weighted by Gasteiger charge is -2.23. The maximum Gasteiger partial charge on any atom is 0.197 e. The highest BCUT2D eigenvalue weighted by molar-refractivity contribution is 8.13. The molecule has 0 aromatic heterocycles. The molecule has 3 unspecified atom stereocenters. The SMILES string of the molecule is CC1CCCN1CCSC(=O)C(c1ccccc1)C1C=CCC1.Cl. The van der Waals surface area contributed by atoms with Crippen LogP contribution in [0, 0.1) is 5.92 Å². The van der Waals surface area contributed by atoms with Crippen molar-refractivity contribution in [3.05, 3.63) is 48.0 Å². The van der Waals surface area contributed by atoms with E-state index in [9.17, 15) is 4.79 Å². The average molecular weight is 366 g/mol. The van der Waals surface area contributed by atoms with E-state index in [1.54, 1.807) is 11.8 Å². The van der Waals surface area contributed by atoms with Crippen molar-refractivity contribution >= 4 is 29.3 Å². The molecule has 0 radical (unpaired) electrons. The molecule has 1 fully saturated rings. The Balaban J connectivity index is 0.00000208. The molecular weight excluding hydrogens is 338 g/mol. The highest BCUT2D eigenvalue weighted by Gasteiger charge is 2.30. The predicted molar refractivity (Wildman–Crippen MR) is 106 cm³/mol. The minimum atomic E-state index is 0. The molecule has 4 heteroatoms. The molecule has 2 nitrogen and oxygen atoms in total. The summed E-state index contributed by atoms with van der Waals surface area (Å²) in [4.78, 5) is 15.4. The van der Waals surface area contributed by atoms with Crippen molar-refractivity contribution in [3.63, 3.8) is 0 Å². The Hall–Kier alpha value is -0.770. The summed E-state index contributed by atoms with van der Waals surface area (Å²) in [5, 5.41) is 0.347. The van der Waals surface area contributed by atoms with E-state index in [0.29, 0.717) is 17.1 Å². The molecule has 3 rings (SSSR count). The number of allylic oxidation sites excluding steroid dienone is 2. The van der Waals surface area contributed by atoms with E-state index in [1.807, 2.05) is 18.2 Å². The van der Waals surface area contributed by atoms with Gasteiger partial charge in [-0.3, -0.25) is 9.69 Å². The van der Waals surface area contributed by atoms with Crippen LogP contribution in [0.1, 0.15) is 44.1 Å². The summed E-state index contributed by atoms with van der Waals surface area (Å²) < 4.78 is 0. The zero-order chi connectivity index (χ0) is 16.1. The molecule has 1 heterocycles. The maximum atomic E-state index is 12.9. The van der Waals surface area contributed by atoms with E-state index in [0.717, 1.165) is 25.1 Å². The van der Waals surface area contributed by atoms with Gasteiger partial charge in [-0.15, -0.1) is 12.4 Å². The summed E-state index contributed by atoms with van der Waals surface area (Å²) in [6.07, 6.45) is 9.30. The van der Waals surface area contributed by atoms with Crippen LogP contribution >= 0.6 is 24.2 Å². The molecule has 24 heavy (non-hydrogen) atoms. The van der Waals surface area contributed by atoms with Gasteiger partial charge in [0.05, 0.1) is 5.92 Å². The molecule has 0 N–H and O–H groups in total. The van der Waals surface area contributed by atoms with Crippen LogP contribution in [0.25, 0.3) is 0 Å². The van der Waals surface area contributed by atoms with Crippen molar-refractivity contribution in [2.75, 3.05) is 18.8 Å². The second-order valence-electron chi connectivity index (χ2n) is 6.75. The second kappa shape index (κ2) is 9.65. The summed E-state index contributed by atoms with van der Waals surface area (Å²) in [7, 11) is 0. The van der Waals surface area contributed by atoms with Gasteiger partial charge in [-0.2, -0.15) is 0 Å². The molecule has 132 valence electrons. The van der Waals surface area contributed by atoms with Crippen LogP contribution in [0.5, 0.6) is 0 Å². The molecule has 1 aliphatic carbocycles. The Morgan fingerprint density at radius 3 is 2.71 bits per heavy atom. The van der Waals surface area contributed by atoms with E-state index < -0.39 is 0 Å². The van der Waals surface area contributed by atoms with Crippen molar-refractivity contribution in [3.8, 4) is 0 Å². The number of halogens is 1. The second-order valence-corrected chi connectivity index (χ2v) is 7.85. The number of carbonyl (C=O) groups is 1. The third-order valence-corrected chi connectivity index (χ3v) is 6.13. The van der Waals surface area contributed by atoms with Gasteiger partial charge in [-0.1, -0.05) is 54.2 Å². The molecule has 0 spiro atoms. The first kappa shape index (κ1) is 19.6. The van der Waals surface area contributed by atoms with Gasteiger partial charge in [0.1, 0.15) is 0 Å². The number of thioether (sulfide) groups is 1. The molecular formula is C20H28ClNOS. The van der Waals surface area contributed by atoms with Crippen molar-refractivity contribution in [2.24, 2.45) is 5.92 Å². The van der Waals surface area contributed by atoms with Gasteiger partial charge in [-0.05, 0) is 50.6 Å². The normalized spacial score (nSPS) is 24.7. The number of hydrogen-bond donors (Lipinski definition) is 0. The molecule has 0 bridgehead atoms. The van der Waals surface area contributed by atoms with Crippen molar-refractivity contribution < 1.29 is 4.79 Å². The Morgan fingerprint density at radius 1 is 1.29 bits per heavy atom. The van der Waals surface area contributed by atoms with Gasteiger partial charge in [0.15, 0.2) is 5.12 Å². The number of benzene rings is 1. The largest absolute Gasteiger partial charge is 0.300 e. The van der Waals surface area contributed by atoms with E-state index in [1.165, 1.54) is 24.9 Å². The van der Waals surface area contributed by atoms with Crippen LogP contribution in [0.2, 0.25) is 0 Å². The minimum absolute atomic E-state index is 0. The summed E-state index contributed by atoms with van der Waals surface area (Å²) in [6.45, 7) is 4.54. The third-order valence-electron chi connectivity index (χ3n) is 5.20.